The normalized spacial score (nSPS) is 14.0. The van der Waals surface area contributed by atoms with Crippen LogP contribution in [0.25, 0.3) is 0 Å². The molecule has 0 aliphatic heterocycles. The summed E-state index contributed by atoms with van der Waals surface area (Å²) in [6.07, 6.45) is 17.7. The van der Waals surface area contributed by atoms with Crippen molar-refractivity contribution in [3.05, 3.63) is 0 Å². The number of aldehydes is 1. The Morgan fingerprint density at radius 1 is 0.682 bits per heavy atom. The smallest absolute Gasteiger partial charge is 0.119 e. The number of aliphatic hydroxyl groups is 2. The molecule has 0 aliphatic rings. The molecule has 0 rings (SSSR count). The van der Waals surface area contributed by atoms with Crippen molar-refractivity contribution in [2.75, 3.05) is 0 Å². The van der Waals surface area contributed by atoms with Crippen LogP contribution in [0.1, 0.15) is 103 Å². The van der Waals surface area contributed by atoms with E-state index in [9.17, 15) is 15.0 Å². The maximum absolute atomic E-state index is 10.2. The van der Waals surface area contributed by atoms with Gasteiger partial charge in [-0.25, -0.2) is 0 Å². The molecule has 0 aromatic carbocycles. The number of carbonyl (C=O) groups is 1. The molecular formula is C19H38O3. The van der Waals surface area contributed by atoms with Gasteiger partial charge in [0.1, 0.15) is 6.29 Å². The Bertz CT molecular complexity index is 229. The fraction of sp³-hybridized carbons (Fsp3) is 0.947. The molecule has 0 aliphatic carbocycles. The van der Waals surface area contributed by atoms with Crippen LogP contribution in [0.15, 0.2) is 0 Å². The first-order chi connectivity index (χ1) is 10.7. The van der Waals surface area contributed by atoms with Crippen molar-refractivity contribution < 1.29 is 15.0 Å². The van der Waals surface area contributed by atoms with Crippen molar-refractivity contribution in [3.63, 3.8) is 0 Å². The fourth-order valence-electron chi connectivity index (χ4n) is 2.77. The van der Waals surface area contributed by atoms with E-state index in [1.165, 1.54) is 70.6 Å². The highest BCUT2D eigenvalue weighted by molar-refractivity contribution is 5.48. The molecule has 0 saturated carbocycles. The molecule has 0 amide bonds. The van der Waals surface area contributed by atoms with Gasteiger partial charge in [-0.2, -0.15) is 0 Å². The lowest BCUT2D eigenvalue weighted by Gasteiger charge is -2.12. The summed E-state index contributed by atoms with van der Waals surface area (Å²) in [5.41, 5.74) is 0. The molecule has 0 fully saturated rings. The second-order valence-electron chi connectivity index (χ2n) is 6.65. The molecule has 0 heterocycles. The summed E-state index contributed by atoms with van der Waals surface area (Å²) >= 11 is 0. The average Bonchev–Trinajstić information content (AvgIpc) is 2.50. The van der Waals surface area contributed by atoms with Crippen molar-refractivity contribution in [2.45, 2.75) is 115 Å². The van der Waals surface area contributed by atoms with E-state index in [2.05, 4.69) is 0 Å². The van der Waals surface area contributed by atoms with Crippen molar-refractivity contribution in [3.8, 4) is 0 Å². The first-order valence-electron chi connectivity index (χ1n) is 9.48. The fourth-order valence-corrected chi connectivity index (χ4v) is 2.77. The van der Waals surface area contributed by atoms with E-state index in [0.717, 1.165) is 32.0 Å². The highest BCUT2D eigenvalue weighted by atomic mass is 16.3. The van der Waals surface area contributed by atoms with Gasteiger partial charge in [0, 0.05) is 6.42 Å². The highest BCUT2D eigenvalue weighted by Crippen LogP contribution is 2.14. The van der Waals surface area contributed by atoms with Crippen LogP contribution in [0.2, 0.25) is 0 Å². The maximum Gasteiger partial charge on any atom is 0.119 e. The summed E-state index contributed by atoms with van der Waals surface area (Å²) in [6, 6.07) is 0. The van der Waals surface area contributed by atoms with Crippen LogP contribution in [-0.2, 0) is 4.79 Å². The van der Waals surface area contributed by atoms with Crippen molar-refractivity contribution in [1.82, 2.24) is 0 Å². The molecular weight excluding hydrogens is 276 g/mol. The van der Waals surface area contributed by atoms with Crippen LogP contribution in [0.3, 0.4) is 0 Å². The number of rotatable bonds is 17. The van der Waals surface area contributed by atoms with Crippen LogP contribution in [0.4, 0.5) is 0 Å². The second-order valence-corrected chi connectivity index (χ2v) is 6.65. The Hall–Kier alpha value is -0.410. The second kappa shape index (κ2) is 17.0. The molecule has 0 saturated heterocycles. The van der Waals surface area contributed by atoms with Crippen molar-refractivity contribution in [1.29, 1.82) is 0 Å². The number of unbranched alkanes of at least 4 members (excludes halogenated alkanes) is 13. The van der Waals surface area contributed by atoms with E-state index in [1.54, 1.807) is 6.92 Å². The quantitative estimate of drug-likeness (QED) is 0.300. The van der Waals surface area contributed by atoms with Gasteiger partial charge in [-0.05, 0) is 19.8 Å². The molecule has 0 bridgehead atoms. The monoisotopic (exact) mass is 314 g/mol. The Kier molecular flexibility index (Phi) is 16.6. The van der Waals surface area contributed by atoms with E-state index in [1.807, 2.05) is 0 Å². The Morgan fingerprint density at radius 2 is 1.05 bits per heavy atom. The molecule has 132 valence electrons. The molecule has 2 unspecified atom stereocenters. The van der Waals surface area contributed by atoms with Crippen molar-refractivity contribution in [2.24, 2.45) is 0 Å². The summed E-state index contributed by atoms with van der Waals surface area (Å²) in [7, 11) is 0. The van der Waals surface area contributed by atoms with Gasteiger partial charge in [-0.1, -0.05) is 77.0 Å². The lowest BCUT2D eigenvalue weighted by atomic mass is 10.0. The molecule has 2 atom stereocenters. The van der Waals surface area contributed by atoms with Crippen LogP contribution >= 0.6 is 0 Å². The van der Waals surface area contributed by atoms with Crippen LogP contribution in [-0.4, -0.2) is 28.7 Å². The van der Waals surface area contributed by atoms with Gasteiger partial charge in [-0.15, -0.1) is 0 Å². The van der Waals surface area contributed by atoms with Crippen LogP contribution in [0.5, 0.6) is 0 Å². The zero-order valence-corrected chi connectivity index (χ0v) is 14.6. The van der Waals surface area contributed by atoms with Gasteiger partial charge >= 0.3 is 0 Å². The topological polar surface area (TPSA) is 57.5 Å². The van der Waals surface area contributed by atoms with Crippen LogP contribution < -0.4 is 0 Å². The molecule has 0 radical (unpaired) electrons. The van der Waals surface area contributed by atoms with E-state index in [4.69, 9.17) is 0 Å². The number of hydrogen-bond donors (Lipinski definition) is 2. The predicted octanol–water partition coefficient (Wildman–Crippen LogP) is 4.78. The van der Waals surface area contributed by atoms with Gasteiger partial charge in [-0.3, -0.25) is 0 Å². The molecule has 0 aromatic rings. The van der Waals surface area contributed by atoms with E-state index in [-0.39, 0.29) is 0 Å². The summed E-state index contributed by atoms with van der Waals surface area (Å²) in [5.74, 6) is 0. The first kappa shape index (κ1) is 21.6. The van der Waals surface area contributed by atoms with E-state index < -0.39 is 12.2 Å². The molecule has 22 heavy (non-hydrogen) atoms. The van der Waals surface area contributed by atoms with Gasteiger partial charge in [0.25, 0.3) is 0 Å². The van der Waals surface area contributed by atoms with Gasteiger partial charge < -0.3 is 15.0 Å². The minimum Gasteiger partial charge on any atom is -0.391 e. The van der Waals surface area contributed by atoms with Crippen LogP contribution in [0, 0.1) is 0 Å². The molecule has 2 N–H and O–H groups in total. The highest BCUT2D eigenvalue weighted by Gasteiger charge is 2.09. The number of aliphatic hydroxyl groups excluding tert-OH is 2. The number of hydrogen-bond acceptors (Lipinski definition) is 3. The Morgan fingerprint density at radius 3 is 1.41 bits per heavy atom. The standard InChI is InChI=1S/C19H38O3/c1-18(21)19(22)16-14-12-10-8-6-4-2-3-5-7-9-11-13-15-17-20/h17-19,21-22H,2-16H2,1H3. The average molecular weight is 315 g/mol. The molecule has 0 spiro atoms. The molecule has 3 nitrogen and oxygen atoms in total. The molecule has 0 aromatic heterocycles. The SMILES string of the molecule is CC(O)C(O)CCCCCCCCCCCCCCCC=O. The third-order valence-corrected chi connectivity index (χ3v) is 4.38. The third kappa shape index (κ3) is 16.0. The van der Waals surface area contributed by atoms with Gasteiger partial charge in [0.05, 0.1) is 12.2 Å². The van der Waals surface area contributed by atoms with Gasteiger partial charge in [0.15, 0.2) is 0 Å². The minimum atomic E-state index is -0.593. The number of carbonyl (C=O) groups excluding carboxylic acids is 1. The largest absolute Gasteiger partial charge is 0.391 e. The van der Waals surface area contributed by atoms with Crippen molar-refractivity contribution >= 4 is 6.29 Å². The predicted molar refractivity (Wildman–Crippen MR) is 93.0 cm³/mol. The first-order valence-corrected chi connectivity index (χ1v) is 9.48. The van der Waals surface area contributed by atoms with Gasteiger partial charge in [0.2, 0.25) is 0 Å². The lowest BCUT2D eigenvalue weighted by Crippen LogP contribution is -2.21. The Labute approximate surface area is 137 Å². The lowest BCUT2D eigenvalue weighted by molar-refractivity contribution is -0.107. The maximum atomic E-state index is 10.2. The zero-order valence-electron chi connectivity index (χ0n) is 14.6. The summed E-state index contributed by atoms with van der Waals surface area (Å²) in [5, 5.41) is 18.6. The zero-order chi connectivity index (χ0) is 16.5. The summed E-state index contributed by atoms with van der Waals surface area (Å²) in [4.78, 5) is 10.2. The summed E-state index contributed by atoms with van der Waals surface area (Å²) < 4.78 is 0. The third-order valence-electron chi connectivity index (χ3n) is 4.38. The van der Waals surface area contributed by atoms with E-state index >= 15 is 0 Å². The van der Waals surface area contributed by atoms with E-state index in [0.29, 0.717) is 0 Å². The molecule has 3 heteroatoms. The minimum absolute atomic E-state index is 0.543. The Balaban J connectivity index is 3.04. The summed E-state index contributed by atoms with van der Waals surface area (Å²) in [6.45, 7) is 1.65.